The van der Waals surface area contributed by atoms with Gasteiger partial charge in [-0.15, -0.1) is 0 Å². The number of nitrogens with zero attached hydrogens (tertiary/aromatic N) is 2. The van der Waals surface area contributed by atoms with Crippen molar-refractivity contribution in [3.05, 3.63) is 34.5 Å². The third-order valence-electron chi connectivity index (χ3n) is 6.40. The second-order valence-electron chi connectivity index (χ2n) is 8.61. The van der Waals surface area contributed by atoms with Crippen molar-refractivity contribution < 1.29 is 9.90 Å². The van der Waals surface area contributed by atoms with E-state index >= 15 is 0 Å². The number of β-amino-alcohol motifs (C(OH)–C–C–N with tert-alkyl or cyclic N) is 1. The topological polar surface area (TPSA) is 59.6 Å². The Hall–Kier alpha value is -1.85. The van der Waals surface area contributed by atoms with Gasteiger partial charge in [0.1, 0.15) is 5.69 Å². The molecule has 5 heteroatoms. The Kier molecular flexibility index (Phi) is 4.77. The summed E-state index contributed by atoms with van der Waals surface area (Å²) in [6.45, 7) is 10.1. The van der Waals surface area contributed by atoms with Crippen LogP contribution in [-0.4, -0.2) is 64.1 Å². The molecule has 2 aliphatic rings. The molecule has 0 saturated carbocycles. The first-order valence-electron chi connectivity index (χ1n) is 10.2. The Bertz CT molecular complexity index is 866. The Balaban J connectivity index is 1.59. The van der Waals surface area contributed by atoms with Crippen LogP contribution in [0.3, 0.4) is 0 Å². The molecule has 27 heavy (non-hydrogen) atoms. The van der Waals surface area contributed by atoms with E-state index in [4.69, 9.17) is 0 Å². The van der Waals surface area contributed by atoms with E-state index in [0.29, 0.717) is 25.3 Å². The number of carbonyl (C=O) groups is 1. The van der Waals surface area contributed by atoms with Crippen molar-refractivity contribution in [2.45, 2.75) is 52.1 Å². The lowest BCUT2D eigenvalue weighted by Gasteiger charge is -2.41. The first kappa shape index (κ1) is 18.5. The number of aromatic nitrogens is 1. The van der Waals surface area contributed by atoms with Gasteiger partial charge in [-0.1, -0.05) is 12.1 Å². The number of hydrogen-bond donors (Lipinski definition) is 2. The standard InChI is InChI=1S/C22H31N3O2/c1-15-7-8-16(2)19-18(15)17(3)20(23-19)21(26)25-12-6-9-22(27,14-25)13-24-10-4-5-11-24/h7-8,23,27H,4-6,9-14H2,1-3H3/t22-/m0/s1. The molecule has 3 heterocycles. The Morgan fingerprint density at radius 2 is 1.81 bits per heavy atom. The molecule has 4 rings (SSSR count). The van der Waals surface area contributed by atoms with Crippen molar-refractivity contribution in [3.63, 3.8) is 0 Å². The molecule has 1 aromatic heterocycles. The Morgan fingerprint density at radius 1 is 1.11 bits per heavy atom. The van der Waals surface area contributed by atoms with Gasteiger partial charge in [0.25, 0.3) is 5.91 Å². The van der Waals surface area contributed by atoms with Gasteiger partial charge < -0.3 is 19.9 Å². The van der Waals surface area contributed by atoms with Crippen LogP contribution in [0.5, 0.6) is 0 Å². The largest absolute Gasteiger partial charge is 0.387 e. The number of aliphatic hydroxyl groups is 1. The second-order valence-corrected chi connectivity index (χ2v) is 8.61. The molecule has 5 nitrogen and oxygen atoms in total. The number of aromatic amines is 1. The monoisotopic (exact) mass is 369 g/mol. The normalized spacial score (nSPS) is 24.1. The maximum Gasteiger partial charge on any atom is 0.270 e. The molecule has 146 valence electrons. The van der Waals surface area contributed by atoms with E-state index in [1.807, 2.05) is 11.8 Å². The summed E-state index contributed by atoms with van der Waals surface area (Å²) in [6, 6.07) is 4.21. The van der Waals surface area contributed by atoms with Gasteiger partial charge in [0.05, 0.1) is 12.1 Å². The third kappa shape index (κ3) is 3.39. The fourth-order valence-corrected chi connectivity index (χ4v) is 4.94. The first-order valence-corrected chi connectivity index (χ1v) is 10.2. The molecular formula is C22H31N3O2. The van der Waals surface area contributed by atoms with Crippen molar-refractivity contribution in [1.29, 1.82) is 0 Å². The van der Waals surface area contributed by atoms with Crippen LogP contribution in [0.25, 0.3) is 10.9 Å². The van der Waals surface area contributed by atoms with Gasteiger partial charge >= 0.3 is 0 Å². The number of H-pyrrole nitrogens is 1. The molecule has 1 atom stereocenters. The van der Waals surface area contributed by atoms with Gasteiger partial charge in [-0.05, 0) is 76.2 Å². The van der Waals surface area contributed by atoms with E-state index in [1.165, 1.54) is 18.4 Å². The van der Waals surface area contributed by atoms with Crippen molar-refractivity contribution in [1.82, 2.24) is 14.8 Å². The summed E-state index contributed by atoms with van der Waals surface area (Å²) in [4.78, 5) is 20.9. The minimum atomic E-state index is -0.788. The number of piperidine rings is 1. The lowest BCUT2D eigenvalue weighted by atomic mass is 9.92. The SMILES string of the molecule is Cc1ccc(C)c2c(C)c(C(=O)N3CCC[C@](O)(CN4CCCC4)C3)[nH]c12. The second kappa shape index (κ2) is 6.95. The molecule has 2 aliphatic heterocycles. The number of amides is 1. The molecule has 0 aliphatic carbocycles. The van der Waals surface area contributed by atoms with Gasteiger partial charge in [-0.3, -0.25) is 4.79 Å². The summed E-state index contributed by atoms with van der Waals surface area (Å²) in [6.07, 6.45) is 4.06. The minimum Gasteiger partial charge on any atom is -0.387 e. The molecule has 2 aromatic rings. The summed E-state index contributed by atoms with van der Waals surface area (Å²) in [5.41, 5.74) is 4.30. The van der Waals surface area contributed by atoms with Crippen LogP contribution < -0.4 is 0 Å². The van der Waals surface area contributed by atoms with Crippen molar-refractivity contribution in [2.75, 3.05) is 32.7 Å². The number of rotatable bonds is 3. The van der Waals surface area contributed by atoms with Crippen LogP contribution >= 0.6 is 0 Å². The molecule has 1 amide bonds. The van der Waals surface area contributed by atoms with Gasteiger partial charge in [0.2, 0.25) is 0 Å². The summed E-state index contributed by atoms with van der Waals surface area (Å²) in [5, 5.41) is 12.3. The average Bonchev–Trinajstić information content (AvgIpc) is 3.25. The highest BCUT2D eigenvalue weighted by atomic mass is 16.3. The lowest BCUT2D eigenvalue weighted by Crippen LogP contribution is -2.55. The number of nitrogens with one attached hydrogen (secondary N) is 1. The molecule has 2 saturated heterocycles. The molecular weight excluding hydrogens is 338 g/mol. The molecule has 0 spiro atoms. The highest BCUT2D eigenvalue weighted by Crippen LogP contribution is 2.30. The summed E-state index contributed by atoms with van der Waals surface area (Å²) >= 11 is 0. The number of benzene rings is 1. The zero-order chi connectivity index (χ0) is 19.2. The van der Waals surface area contributed by atoms with Crippen molar-refractivity contribution >= 4 is 16.8 Å². The molecule has 1 aromatic carbocycles. The Morgan fingerprint density at radius 3 is 2.52 bits per heavy atom. The van der Waals surface area contributed by atoms with Gasteiger partial charge in [-0.2, -0.15) is 0 Å². The molecule has 0 radical (unpaired) electrons. The van der Waals surface area contributed by atoms with E-state index in [9.17, 15) is 9.90 Å². The number of likely N-dealkylation sites (tertiary alicyclic amines) is 2. The van der Waals surface area contributed by atoms with E-state index < -0.39 is 5.60 Å². The number of aryl methyl sites for hydroxylation is 3. The van der Waals surface area contributed by atoms with Crippen LogP contribution in [0.2, 0.25) is 0 Å². The van der Waals surface area contributed by atoms with Gasteiger partial charge in [-0.25, -0.2) is 0 Å². The van der Waals surface area contributed by atoms with Crippen molar-refractivity contribution in [3.8, 4) is 0 Å². The number of fused-ring (bicyclic) bond motifs is 1. The third-order valence-corrected chi connectivity index (χ3v) is 6.40. The van der Waals surface area contributed by atoms with Crippen LogP contribution in [0.4, 0.5) is 0 Å². The number of carbonyl (C=O) groups excluding carboxylic acids is 1. The first-order chi connectivity index (χ1) is 12.9. The maximum atomic E-state index is 13.3. The molecule has 0 bridgehead atoms. The van der Waals surface area contributed by atoms with Gasteiger partial charge in [0.15, 0.2) is 0 Å². The quantitative estimate of drug-likeness (QED) is 0.874. The molecule has 0 unspecified atom stereocenters. The van der Waals surface area contributed by atoms with Crippen LogP contribution in [0, 0.1) is 20.8 Å². The van der Waals surface area contributed by atoms with E-state index in [2.05, 4.69) is 35.9 Å². The smallest absolute Gasteiger partial charge is 0.270 e. The Labute approximate surface area is 161 Å². The predicted octanol–water partition coefficient (Wildman–Crippen LogP) is 3.16. The minimum absolute atomic E-state index is 0.0158. The fraction of sp³-hybridized carbons (Fsp3) is 0.591. The van der Waals surface area contributed by atoms with E-state index in [-0.39, 0.29) is 5.91 Å². The lowest BCUT2D eigenvalue weighted by molar-refractivity contribution is -0.0432. The summed E-state index contributed by atoms with van der Waals surface area (Å²) < 4.78 is 0. The summed E-state index contributed by atoms with van der Waals surface area (Å²) in [7, 11) is 0. The predicted molar refractivity (Wildman–Crippen MR) is 108 cm³/mol. The zero-order valence-electron chi connectivity index (χ0n) is 16.8. The fourth-order valence-electron chi connectivity index (χ4n) is 4.94. The molecule has 2 fully saturated rings. The highest BCUT2D eigenvalue weighted by Gasteiger charge is 2.38. The maximum absolute atomic E-state index is 13.3. The van der Waals surface area contributed by atoms with Crippen LogP contribution in [0.15, 0.2) is 12.1 Å². The van der Waals surface area contributed by atoms with Crippen molar-refractivity contribution in [2.24, 2.45) is 0 Å². The van der Waals surface area contributed by atoms with Gasteiger partial charge in [0, 0.05) is 24.0 Å². The average molecular weight is 370 g/mol. The van der Waals surface area contributed by atoms with Crippen LogP contribution in [-0.2, 0) is 0 Å². The molecule has 2 N–H and O–H groups in total. The highest BCUT2D eigenvalue weighted by molar-refractivity contribution is 6.02. The van der Waals surface area contributed by atoms with E-state index in [0.717, 1.165) is 48.0 Å². The zero-order valence-corrected chi connectivity index (χ0v) is 16.8. The van der Waals surface area contributed by atoms with E-state index in [1.54, 1.807) is 0 Å². The summed E-state index contributed by atoms with van der Waals surface area (Å²) in [5.74, 6) is 0.0158. The number of hydrogen-bond acceptors (Lipinski definition) is 3. The van der Waals surface area contributed by atoms with Crippen LogP contribution in [0.1, 0.15) is 52.9 Å².